The number of carbonyl (C=O) groups is 2. The summed E-state index contributed by atoms with van der Waals surface area (Å²) in [6.07, 6.45) is 0.958. The van der Waals surface area contributed by atoms with E-state index in [-0.39, 0.29) is 5.70 Å². The van der Waals surface area contributed by atoms with Crippen LogP contribution in [0.3, 0.4) is 0 Å². The maximum atomic E-state index is 14.3. The van der Waals surface area contributed by atoms with Gasteiger partial charge in [-0.1, -0.05) is 6.07 Å². The number of nitrogens with one attached hydrogen (secondary N) is 1. The summed E-state index contributed by atoms with van der Waals surface area (Å²) in [6, 6.07) is 4.45. The zero-order valence-electron chi connectivity index (χ0n) is 13.5. The van der Waals surface area contributed by atoms with Gasteiger partial charge in [-0.25, -0.2) is 14.0 Å². The van der Waals surface area contributed by atoms with Gasteiger partial charge in [-0.2, -0.15) is 0 Å². The molecular weight excluding hydrogens is 319 g/mol. The topological polar surface area (TPSA) is 77.1 Å². The number of benzene rings is 1. The van der Waals surface area contributed by atoms with Crippen molar-refractivity contribution in [2.45, 2.75) is 0 Å². The molecule has 1 saturated heterocycles. The zero-order valence-corrected chi connectivity index (χ0v) is 13.5. The molecule has 1 aliphatic heterocycles. The summed E-state index contributed by atoms with van der Waals surface area (Å²) in [6.45, 7) is 2.00. The number of esters is 2. The Morgan fingerprint density at radius 3 is 2.58 bits per heavy atom. The molecule has 2 rings (SSSR count). The number of hydrogen-bond donors (Lipinski definition) is 1. The lowest BCUT2D eigenvalue weighted by Gasteiger charge is -2.31. The Morgan fingerprint density at radius 2 is 1.96 bits per heavy atom. The van der Waals surface area contributed by atoms with Crippen LogP contribution in [0.2, 0.25) is 0 Å². The number of ether oxygens (including phenoxy) is 3. The number of carbonyl (C=O) groups excluding carboxylic acids is 2. The summed E-state index contributed by atoms with van der Waals surface area (Å²) in [4.78, 5) is 25.1. The van der Waals surface area contributed by atoms with Crippen molar-refractivity contribution >= 4 is 23.3 Å². The molecule has 0 bridgehead atoms. The van der Waals surface area contributed by atoms with Crippen molar-refractivity contribution in [3.8, 4) is 0 Å². The molecule has 1 N–H and O–H groups in total. The third-order valence-electron chi connectivity index (χ3n) is 3.45. The third kappa shape index (κ3) is 4.23. The molecule has 130 valence electrons. The summed E-state index contributed by atoms with van der Waals surface area (Å²) in [5.41, 5.74) is 0.502. The molecular formula is C16H19FN2O5. The summed E-state index contributed by atoms with van der Waals surface area (Å²) < 4.78 is 28.8. The minimum Gasteiger partial charge on any atom is -0.466 e. The first-order chi connectivity index (χ1) is 11.6. The molecule has 0 atom stereocenters. The second kappa shape index (κ2) is 8.30. The fraction of sp³-hybridized carbons (Fsp3) is 0.375. The van der Waals surface area contributed by atoms with E-state index < -0.39 is 17.8 Å². The van der Waals surface area contributed by atoms with Gasteiger partial charge < -0.3 is 24.4 Å². The van der Waals surface area contributed by atoms with Crippen molar-refractivity contribution in [2.75, 3.05) is 50.7 Å². The number of hydrogen-bond acceptors (Lipinski definition) is 7. The SMILES string of the molecule is COC(=O)/C=C(/Nc1cccc(F)c1N1CCOCC1)C(=O)OC. The van der Waals surface area contributed by atoms with Crippen LogP contribution in [-0.4, -0.2) is 52.5 Å². The Balaban J connectivity index is 2.36. The molecule has 7 nitrogen and oxygen atoms in total. The predicted octanol–water partition coefficient (Wildman–Crippen LogP) is 1.30. The van der Waals surface area contributed by atoms with E-state index in [0.717, 1.165) is 6.08 Å². The minimum absolute atomic E-state index is 0.149. The van der Waals surface area contributed by atoms with Gasteiger partial charge in [0.25, 0.3) is 0 Å². The van der Waals surface area contributed by atoms with Crippen LogP contribution >= 0.6 is 0 Å². The molecule has 0 radical (unpaired) electrons. The minimum atomic E-state index is -0.766. The molecule has 1 aromatic carbocycles. The lowest BCUT2D eigenvalue weighted by atomic mass is 10.2. The van der Waals surface area contributed by atoms with Crippen LogP contribution in [-0.2, 0) is 23.8 Å². The standard InChI is InChI=1S/C16H19FN2O5/c1-22-14(20)10-13(16(21)23-2)18-12-5-3-4-11(17)15(12)19-6-8-24-9-7-19/h3-5,10,18H,6-9H2,1-2H3/b13-10+. The highest BCUT2D eigenvalue weighted by molar-refractivity contribution is 5.99. The number of rotatable bonds is 5. The Hall–Kier alpha value is -2.61. The van der Waals surface area contributed by atoms with Crippen LogP contribution in [0.4, 0.5) is 15.8 Å². The van der Waals surface area contributed by atoms with E-state index in [1.54, 1.807) is 6.07 Å². The van der Waals surface area contributed by atoms with E-state index in [9.17, 15) is 14.0 Å². The number of anilines is 2. The number of methoxy groups -OCH3 is 2. The molecule has 1 heterocycles. The van der Waals surface area contributed by atoms with Crippen molar-refractivity contribution in [3.63, 3.8) is 0 Å². The average molecular weight is 338 g/mol. The van der Waals surface area contributed by atoms with Gasteiger partial charge in [-0.15, -0.1) is 0 Å². The van der Waals surface area contributed by atoms with Crippen molar-refractivity contribution < 1.29 is 28.2 Å². The average Bonchev–Trinajstić information content (AvgIpc) is 2.61. The predicted molar refractivity (Wildman–Crippen MR) is 85.2 cm³/mol. The van der Waals surface area contributed by atoms with Crippen molar-refractivity contribution in [1.82, 2.24) is 0 Å². The Kier molecular flexibility index (Phi) is 6.14. The monoisotopic (exact) mass is 338 g/mol. The lowest BCUT2D eigenvalue weighted by molar-refractivity contribution is -0.138. The highest BCUT2D eigenvalue weighted by Gasteiger charge is 2.21. The van der Waals surface area contributed by atoms with E-state index in [2.05, 4.69) is 14.8 Å². The fourth-order valence-electron chi connectivity index (χ4n) is 2.30. The quantitative estimate of drug-likeness (QED) is 0.640. The molecule has 0 amide bonds. The summed E-state index contributed by atoms with van der Waals surface area (Å²) in [7, 11) is 2.37. The van der Waals surface area contributed by atoms with Gasteiger partial charge in [0.05, 0.1) is 44.9 Å². The van der Waals surface area contributed by atoms with E-state index in [4.69, 9.17) is 4.74 Å². The summed E-state index contributed by atoms with van der Waals surface area (Å²) in [5.74, 6) is -1.94. The summed E-state index contributed by atoms with van der Waals surface area (Å²) >= 11 is 0. The first-order valence-electron chi connectivity index (χ1n) is 7.33. The second-order valence-electron chi connectivity index (χ2n) is 4.93. The Labute approximate surface area is 139 Å². The molecule has 0 spiro atoms. The van der Waals surface area contributed by atoms with Gasteiger partial charge in [-0.05, 0) is 12.1 Å². The van der Waals surface area contributed by atoms with Gasteiger partial charge in [0.2, 0.25) is 0 Å². The van der Waals surface area contributed by atoms with E-state index in [0.29, 0.717) is 37.7 Å². The lowest BCUT2D eigenvalue weighted by Crippen LogP contribution is -2.37. The molecule has 1 aliphatic rings. The smallest absolute Gasteiger partial charge is 0.354 e. The maximum absolute atomic E-state index is 14.3. The van der Waals surface area contributed by atoms with Crippen LogP contribution in [0.1, 0.15) is 0 Å². The number of morpholine rings is 1. The van der Waals surface area contributed by atoms with Gasteiger partial charge in [0.1, 0.15) is 11.5 Å². The number of para-hydroxylation sites is 1. The van der Waals surface area contributed by atoms with Crippen LogP contribution in [0.25, 0.3) is 0 Å². The van der Waals surface area contributed by atoms with Crippen LogP contribution < -0.4 is 10.2 Å². The molecule has 0 aliphatic carbocycles. The molecule has 8 heteroatoms. The number of halogens is 1. The van der Waals surface area contributed by atoms with Crippen LogP contribution in [0, 0.1) is 5.82 Å². The molecule has 0 unspecified atom stereocenters. The highest BCUT2D eigenvalue weighted by Crippen LogP contribution is 2.31. The van der Waals surface area contributed by atoms with E-state index in [1.165, 1.54) is 26.4 Å². The normalized spacial score (nSPS) is 15.0. The summed E-state index contributed by atoms with van der Waals surface area (Å²) in [5, 5.41) is 2.76. The van der Waals surface area contributed by atoms with Gasteiger partial charge in [0.15, 0.2) is 0 Å². The van der Waals surface area contributed by atoms with Gasteiger partial charge >= 0.3 is 11.9 Å². The molecule has 0 saturated carbocycles. The first-order valence-corrected chi connectivity index (χ1v) is 7.33. The van der Waals surface area contributed by atoms with Crippen LogP contribution in [0.5, 0.6) is 0 Å². The fourth-order valence-corrected chi connectivity index (χ4v) is 2.30. The van der Waals surface area contributed by atoms with E-state index in [1.807, 2.05) is 4.90 Å². The van der Waals surface area contributed by atoms with Crippen molar-refractivity contribution in [2.24, 2.45) is 0 Å². The first kappa shape index (κ1) is 17.7. The Bertz CT molecular complexity index is 641. The van der Waals surface area contributed by atoms with Crippen LogP contribution in [0.15, 0.2) is 30.0 Å². The zero-order chi connectivity index (χ0) is 17.5. The van der Waals surface area contributed by atoms with Crippen molar-refractivity contribution in [3.05, 3.63) is 35.8 Å². The Morgan fingerprint density at radius 1 is 1.25 bits per heavy atom. The molecule has 24 heavy (non-hydrogen) atoms. The second-order valence-corrected chi connectivity index (χ2v) is 4.93. The molecule has 0 aromatic heterocycles. The van der Waals surface area contributed by atoms with Gasteiger partial charge in [-0.3, -0.25) is 0 Å². The molecule has 1 fully saturated rings. The maximum Gasteiger partial charge on any atom is 0.354 e. The largest absolute Gasteiger partial charge is 0.466 e. The third-order valence-corrected chi connectivity index (χ3v) is 3.45. The van der Waals surface area contributed by atoms with E-state index >= 15 is 0 Å². The highest BCUT2D eigenvalue weighted by atomic mass is 19.1. The number of nitrogens with zero attached hydrogens (tertiary/aromatic N) is 1. The molecule has 1 aromatic rings. The van der Waals surface area contributed by atoms with Crippen molar-refractivity contribution in [1.29, 1.82) is 0 Å². The van der Waals surface area contributed by atoms with Gasteiger partial charge in [0, 0.05) is 13.1 Å².